The van der Waals surface area contributed by atoms with Gasteiger partial charge in [0.15, 0.2) is 0 Å². The molecule has 0 amide bonds. The van der Waals surface area contributed by atoms with Gasteiger partial charge < -0.3 is 10.4 Å². The van der Waals surface area contributed by atoms with Crippen LogP contribution in [0.5, 0.6) is 0 Å². The smallest absolute Gasteiger partial charge is 0.417 e. The van der Waals surface area contributed by atoms with E-state index >= 15 is 0 Å². The lowest BCUT2D eigenvalue weighted by Crippen LogP contribution is -2.42. The summed E-state index contributed by atoms with van der Waals surface area (Å²) >= 11 is 5.93. The molecule has 3 aromatic rings. The Kier molecular flexibility index (Phi) is 5.59. The molecular weight excluding hydrogens is 475 g/mol. The number of nitrogens with one attached hydrogen (secondary N) is 1. The van der Waals surface area contributed by atoms with Crippen LogP contribution < -0.4 is 16.6 Å². The third-order valence-electron chi connectivity index (χ3n) is 5.84. The maximum atomic E-state index is 13.2. The Morgan fingerprint density at radius 2 is 1.91 bits per heavy atom. The molecule has 1 aromatic heterocycles. The fraction of sp³-hybridized carbons (Fsp3) is 0.261. The zero-order valence-electron chi connectivity index (χ0n) is 18.0. The lowest BCUT2D eigenvalue weighted by molar-refractivity contribution is -0.137. The van der Waals surface area contributed by atoms with Crippen LogP contribution in [0.15, 0.2) is 52.2 Å². The highest BCUT2D eigenvalue weighted by atomic mass is 35.5. The summed E-state index contributed by atoms with van der Waals surface area (Å²) in [5, 5.41) is 12.1. The Bertz CT molecular complexity index is 1440. The molecule has 2 N–H and O–H groups in total. The largest absolute Gasteiger partial charge is 0.477 e. The molecule has 1 aliphatic rings. The molecule has 0 bridgehead atoms. The van der Waals surface area contributed by atoms with Gasteiger partial charge in [-0.3, -0.25) is 13.9 Å². The van der Waals surface area contributed by atoms with E-state index in [9.17, 15) is 32.7 Å². The first kappa shape index (κ1) is 23.6. The number of hydrogen-bond acceptors (Lipinski definition) is 4. The van der Waals surface area contributed by atoms with Gasteiger partial charge in [0.25, 0.3) is 5.56 Å². The first-order valence-corrected chi connectivity index (χ1v) is 10.5. The predicted molar refractivity (Wildman–Crippen MR) is 120 cm³/mol. The van der Waals surface area contributed by atoms with E-state index in [2.05, 4.69) is 5.32 Å². The van der Waals surface area contributed by atoms with Crippen LogP contribution in [-0.2, 0) is 18.1 Å². The fourth-order valence-corrected chi connectivity index (χ4v) is 4.29. The van der Waals surface area contributed by atoms with E-state index in [4.69, 9.17) is 11.6 Å². The fourth-order valence-electron chi connectivity index (χ4n) is 3.99. The SMILES string of the molecule is CC1(C)CNc2cc(-n3cc(C(=O)O)c(=O)n(Cc4cccc(C(F)(F)F)c4Cl)c3=O)ccc21. The number of hydrogen-bond donors (Lipinski definition) is 2. The highest BCUT2D eigenvalue weighted by Gasteiger charge is 2.34. The quantitative estimate of drug-likeness (QED) is 0.570. The Hall–Kier alpha value is -3.53. The molecule has 0 spiro atoms. The molecular formula is C23H19ClF3N3O4. The molecule has 0 fully saturated rings. The number of halogens is 4. The molecule has 0 saturated carbocycles. The molecule has 0 radical (unpaired) electrons. The number of fused-ring (bicyclic) bond motifs is 1. The van der Waals surface area contributed by atoms with Crippen LogP contribution >= 0.6 is 11.6 Å². The minimum atomic E-state index is -4.74. The highest BCUT2D eigenvalue weighted by Crippen LogP contribution is 2.37. The monoisotopic (exact) mass is 493 g/mol. The number of alkyl halides is 3. The molecule has 0 saturated heterocycles. The maximum Gasteiger partial charge on any atom is 0.417 e. The first-order valence-electron chi connectivity index (χ1n) is 10.1. The van der Waals surface area contributed by atoms with Crippen molar-refractivity contribution in [2.75, 3.05) is 11.9 Å². The van der Waals surface area contributed by atoms with Crippen molar-refractivity contribution in [2.45, 2.75) is 32.0 Å². The van der Waals surface area contributed by atoms with Crippen molar-refractivity contribution >= 4 is 23.3 Å². The lowest BCUT2D eigenvalue weighted by atomic mass is 9.87. The maximum absolute atomic E-state index is 13.2. The van der Waals surface area contributed by atoms with Crippen LogP contribution in [0.3, 0.4) is 0 Å². The van der Waals surface area contributed by atoms with Gasteiger partial charge in [-0.1, -0.05) is 43.6 Å². The van der Waals surface area contributed by atoms with Gasteiger partial charge >= 0.3 is 17.8 Å². The molecule has 4 rings (SSSR count). The van der Waals surface area contributed by atoms with Crippen molar-refractivity contribution in [3.8, 4) is 5.69 Å². The van der Waals surface area contributed by atoms with Crippen LogP contribution in [0.4, 0.5) is 18.9 Å². The van der Waals surface area contributed by atoms with E-state index in [0.717, 1.165) is 34.1 Å². The van der Waals surface area contributed by atoms with E-state index in [1.807, 2.05) is 13.8 Å². The summed E-state index contributed by atoms with van der Waals surface area (Å²) in [5.41, 5.74) is -2.15. The molecule has 0 unspecified atom stereocenters. The third kappa shape index (κ3) is 3.98. The van der Waals surface area contributed by atoms with Gasteiger partial charge in [0.05, 0.1) is 22.8 Å². The van der Waals surface area contributed by atoms with E-state index in [-0.39, 0.29) is 11.0 Å². The van der Waals surface area contributed by atoms with Gasteiger partial charge in [-0.05, 0) is 29.3 Å². The van der Waals surface area contributed by atoms with Crippen LogP contribution in [0.1, 0.15) is 40.9 Å². The summed E-state index contributed by atoms with van der Waals surface area (Å²) in [5.74, 6) is -1.58. The van der Waals surface area contributed by atoms with E-state index in [1.165, 1.54) is 6.07 Å². The third-order valence-corrected chi connectivity index (χ3v) is 6.29. The summed E-state index contributed by atoms with van der Waals surface area (Å²) in [6, 6.07) is 8.19. The predicted octanol–water partition coefficient (Wildman–Crippen LogP) is 4.12. The Labute approximate surface area is 196 Å². The standard InChI is InChI=1S/C23H19ClF3N3O4/c1-22(2)11-28-17-8-13(6-7-15(17)22)29-10-14(20(32)33)19(31)30(21(29)34)9-12-4-3-5-16(18(12)24)23(25,26)27/h3-8,10,28H,9,11H2,1-2H3,(H,32,33). The van der Waals surface area contributed by atoms with Gasteiger partial charge in [0, 0.05) is 23.8 Å². The number of carboxylic acid groups (broad SMARTS) is 1. The number of rotatable bonds is 4. The average molecular weight is 494 g/mol. The van der Waals surface area contributed by atoms with Gasteiger partial charge in [-0.15, -0.1) is 0 Å². The Morgan fingerprint density at radius 3 is 2.56 bits per heavy atom. The van der Waals surface area contributed by atoms with Crippen LogP contribution in [0.25, 0.3) is 5.69 Å². The normalized spacial score (nSPS) is 14.5. The average Bonchev–Trinajstić information content (AvgIpc) is 3.05. The number of aromatic carboxylic acids is 1. The van der Waals surface area contributed by atoms with E-state index < -0.39 is 46.1 Å². The minimum Gasteiger partial charge on any atom is -0.477 e. The number of nitrogens with zero attached hydrogens (tertiary/aromatic N) is 2. The van der Waals surface area contributed by atoms with Gasteiger partial charge in [0.2, 0.25) is 0 Å². The Morgan fingerprint density at radius 1 is 1.21 bits per heavy atom. The number of carboxylic acids is 1. The second kappa shape index (κ2) is 8.05. The second-order valence-electron chi connectivity index (χ2n) is 8.64. The van der Waals surface area contributed by atoms with Crippen LogP contribution in [0.2, 0.25) is 5.02 Å². The molecule has 1 aliphatic heterocycles. The molecule has 11 heteroatoms. The molecule has 0 atom stereocenters. The zero-order chi connectivity index (χ0) is 25.0. The van der Waals surface area contributed by atoms with Gasteiger partial charge in [0.1, 0.15) is 5.56 Å². The summed E-state index contributed by atoms with van der Waals surface area (Å²) in [6.07, 6.45) is -3.83. The van der Waals surface area contributed by atoms with Crippen molar-refractivity contribution in [1.29, 1.82) is 0 Å². The number of aromatic nitrogens is 2. The van der Waals surface area contributed by atoms with Gasteiger partial charge in [-0.2, -0.15) is 13.2 Å². The van der Waals surface area contributed by atoms with E-state index in [0.29, 0.717) is 16.8 Å². The van der Waals surface area contributed by atoms with Crippen molar-refractivity contribution in [3.63, 3.8) is 0 Å². The molecule has 2 heterocycles. The Balaban J connectivity index is 1.89. The molecule has 7 nitrogen and oxygen atoms in total. The molecule has 0 aliphatic carbocycles. The summed E-state index contributed by atoms with van der Waals surface area (Å²) < 4.78 is 41.3. The van der Waals surface area contributed by atoms with E-state index in [1.54, 1.807) is 18.2 Å². The minimum absolute atomic E-state index is 0.149. The van der Waals surface area contributed by atoms with Crippen LogP contribution in [-0.4, -0.2) is 26.8 Å². The van der Waals surface area contributed by atoms with Gasteiger partial charge in [-0.25, -0.2) is 9.59 Å². The second-order valence-corrected chi connectivity index (χ2v) is 9.01. The van der Waals surface area contributed by atoms with Crippen molar-refractivity contribution < 1.29 is 23.1 Å². The zero-order valence-corrected chi connectivity index (χ0v) is 18.8. The summed E-state index contributed by atoms with van der Waals surface area (Å²) in [4.78, 5) is 37.7. The summed E-state index contributed by atoms with van der Waals surface area (Å²) in [6.45, 7) is 4.10. The topological polar surface area (TPSA) is 93.3 Å². The van der Waals surface area contributed by atoms with Crippen LogP contribution in [0, 0.1) is 0 Å². The summed E-state index contributed by atoms with van der Waals surface area (Å²) in [7, 11) is 0. The molecule has 2 aromatic carbocycles. The lowest BCUT2D eigenvalue weighted by Gasteiger charge is -2.18. The number of anilines is 1. The van der Waals surface area contributed by atoms with Crippen molar-refractivity contribution in [2.24, 2.45) is 0 Å². The first-order chi connectivity index (χ1) is 15.8. The van der Waals surface area contributed by atoms with Crippen molar-refractivity contribution in [3.05, 3.63) is 90.7 Å². The number of carbonyl (C=O) groups is 1. The number of benzene rings is 2. The van der Waals surface area contributed by atoms with Crippen molar-refractivity contribution in [1.82, 2.24) is 9.13 Å². The molecule has 34 heavy (non-hydrogen) atoms. The highest BCUT2D eigenvalue weighted by molar-refractivity contribution is 6.32. The molecule has 178 valence electrons.